The summed E-state index contributed by atoms with van der Waals surface area (Å²) in [4.78, 5) is 13.5. The van der Waals surface area contributed by atoms with Gasteiger partial charge in [0.1, 0.15) is 11.6 Å². The highest BCUT2D eigenvalue weighted by molar-refractivity contribution is 5.88. The molecule has 0 bridgehead atoms. The molecule has 2 aromatic carbocycles. The van der Waals surface area contributed by atoms with Gasteiger partial charge < -0.3 is 14.8 Å². The van der Waals surface area contributed by atoms with E-state index >= 15 is 0 Å². The minimum absolute atomic E-state index is 0.0185. The number of halogens is 1. The fourth-order valence-electron chi connectivity index (χ4n) is 5.10. The van der Waals surface area contributed by atoms with Gasteiger partial charge in [-0.2, -0.15) is 0 Å². The van der Waals surface area contributed by atoms with E-state index in [2.05, 4.69) is 17.4 Å². The standard InChI is InChI=1S/C25H30FNO3/c1-29-22-9-7-19(8-10-22)24(13-15-30-16-14-24)18-27-23(28)25(11-2-3-12-25)20-5-4-6-21(26)17-20/h4-10,17H,2-3,11-16,18H2,1H3,(H,27,28). The smallest absolute Gasteiger partial charge is 0.230 e. The number of carbonyl (C=O) groups is 1. The van der Waals surface area contributed by atoms with Gasteiger partial charge in [0.05, 0.1) is 12.5 Å². The van der Waals surface area contributed by atoms with Gasteiger partial charge in [-0.3, -0.25) is 4.79 Å². The predicted octanol–water partition coefficient (Wildman–Crippen LogP) is 4.51. The Hall–Kier alpha value is -2.40. The molecule has 4 rings (SSSR count). The van der Waals surface area contributed by atoms with Crippen molar-refractivity contribution in [3.8, 4) is 5.75 Å². The van der Waals surface area contributed by atoms with Gasteiger partial charge in [0.15, 0.2) is 0 Å². The number of rotatable bonds is 6. The molecule has 2 aromatic rings. The van der Waals surface area contributed by atoms with Crippen LogP contribution >= 0.6 is 0 Å². The van der Waals surface area contributed by atoms with Crippen molar-refractivity contribution in [1.29, 1.82) is 0 Å². The second-order valence-corrected chi connectivity index (χ2v) is 8.60. The van der Waals surface area contributed by atoms with Crippen LogP contribution < -0.4 is 10.1 Å². The summed E-state index contributed by atoms with van der Waals surface area (Å²) < 4.78 is 24.8. The summed E-state index contributed by atoms with van der Waals surface area (Å²) in [6, 6.07) is 14.7. The molecule has 160 valence electrons. The molecule has 0 atom stereocenters. The van der Waals surface area contributed by atoms with E-state index in [1.54, 1.807) is 13.2 Å². The molecule has 1 heterocycles. The molecule has 5 heteroatoms. The SMILES string of the molecule is COc1ccc(C2(CNC(=O)C3(c4cccc(F)c4)CCCC3)CCOCC2)cc1. The van der Waals surface area contributed by atoms with Gasteiger partial charge in [-0.05, 0) is 61.1 Å². The first kappa shape index (κ1) is 20.9. The predicted molar refractivity (Wildman–Crippen MR) is 114 cm³/mol. The fourth-order valence-corrected chi connectivity index (χ4v) is 5.10. The maximum Gasteiger partial charge on any atom is 0.230 e. The number of hydrogen-bond acceptors (Lipinski definition) is 3. The van der Waals surface area contributed by atoms with E-state index in [0.29, 0.717) is 19.8 Å². The third-order valence-electron chi connectivity index (χ3n) is 7.01. The summed E-state index contributed by atoms with van der Waals surface area (Å²) in [6.45, 7) is 1.91. The Morgan fingerprint density at radius 2 is 1.73 bits per heavy atom. The van der Waals surface area contributed by atoms with Gasteiger partial charge in [0.2, 0.25) is 5.91 Å². The van der Waals surface area contributed by atoms with Crippen molar-refractivity contribution in [1.82, 2.24) is 5.32 Å². The van der Waals surface area contributed by atoms with Crippen LogP contribution in [0.15, 0.2) is 48.5 Å². The van der Waals surface area contributed by atoms with E-state index in [1.165, 1.54) is 17.7 Å². The lowest BCUT2D eigenvalue weighted by Gasteiger charge is -2.39. The van der Waals surface area contributed by atoms with E-state index in [1.807, 2.05) is 18.2 Å². The van der Waals surface area contributed by atoms with Gasteiger partial charge in [-0.15, -0.1) is 0 Å². The van der Waals surface area contributed by atoms with Crippen LogP contribution in [0.3, 0.4) is 0 Å². The minimum atomic E-state index is -0.631. The number of methoxy groups -OCH3 is 1. The monoisotopic (exact) mass is 411 g/mol. The first-order valence-electron chi connectivity index (χ1n) is 10.8. The van der Waals surface area contributed by atoms with Crippen LogP contribution in [0, 0.1) is 5.82 Å². The lowest BCUT2D eigenvalue weighted by Crippen LogP contribution is -2.50. The molecule has 1 saturated carbocycles. The Bertz CT molecular complexity index is 868. The zero-order valence-corrected chi connectivity index (χ0v) is 17.6. The van der Waals surface area contributed by atoms with E-state index in [-0.39, 0.29) is 17.1 Å². The average Bonchev–Trinajstić information content (AvgIpc) is 3.30. The first-order chi connectivity index (χ1) is 14.6. The fraction of sp³-hybridized carbons (Fsp3) is 0.480. The molecule has 30 heavy (non-hydrogen) atoms. The molecule has 0 aromatic heterocycles. The van der Waals surface area contributed by atoms with Crippen molar-refractivity contribution in [2.45, 2.75) is 49.4 Å². The largest absolute Gasteiger partial charge is 0.497 e. The van der Waals surface area contributed by atoms with E-state index in [9.17, 15) is 9.18 Å². The molecule has 2 fully saturated rings. The zero-order valence-electron chi connectivity index (χ0n) is 17.6. The third-order valence-corrected chi connectivity index (χ3v) is 7.01. The summed E-state index contributed by atoms with van der Waals surface area (Å²) in [5, 5.41) is 3.27. The quantitative estimate of drug-likeness (QED) is 0.761. The van der Waals surface area contributed by atoms with Crippen LogP contribution in [0.1, 0.15) is 49.7 Å². The highest BCUT2D eigenvalue weighted by Gasteiger charge is 2.44. The molecule has 0 radical (unpaired) electrons. The van der Waals surface area contributed by atoms with Crippen LogP contribution in [0.4, 0.5) is 4.39 Å². The minimum Gasteiger partial charge on any atom is -0.497 e. The van der Waals surface area contributed by atoms with E-state index < -0.39 is 5.41 Å². The number of carbonyl (C=O) groups excluding carboxylic acids is 1. The Labute approximate surface area is 177 Å². The number of ether oxygens (including phenoxy) is 2. The lowest BCUT2D eigenvalue weighted by atomic mass is 9.73. The molecule has 1 N–H and O–H groups in total. The summed E-state index contributed by atoms with van der Waals surface area (Å²) in [7, 11) is 1.66. The number of benzene rings is 2. The van der Waals surface area contributed by atoms with Crippen LogP contribution in [0.5, 0.6) is 5.75 Å². The van der Waals surface area contributed by atoms with Crippen molar-refractivity contribution >= 4 is 5.91 Å². The molecule has 1 aliphatic heterocycles. The second-order valence-electron chi connectivity index (χ2n) is 8.60. The Morgan fingerprint density at radius 3 is 2.37 bits per heavy atom. The Balaban J connectivity index is 1.57. The van der Waals surface area contributed by atoms with E-state index in [4.69, 9.17) is 9.47 Å². The van der Waals surface area contributed by atoms with Crippen LogP contribution in [0.25, 0.3) is 0 Å². The molecular weight excluding hydrogens is 381 g/mol. The molecule has 0 unspecified atom stereocenters. The molecular formula is C25H30FNO3. The summed E-state index contributed by atoms with van der Waals surface area (Å²) in [6.07, 6.45) is 5.21. The van der Waals surface area contributed by atoms with Crippen LogP contribution in [-0.2, 0) is 20.4 Å². The van der Waals surface area contributed by atoms with Gasteiger partial charge in [0, 0.05) is 25.2 Å². The van der Waals surface area contributed by atoms with Crippen molar-refractivity contribution in [2.75, 3.05) is 26.9 Å². The Morgan fingerprint density at radius 1 is 1.03 bits per heavy atom. The lowest BCUT2D eigenvalue weighted by molar-refractivity contribution is -0.127. The number of hydrogen-bond donors (Lipinski definition) is 1. The van der Waals surface area contributed by atoms with Crippen LogP contribution in [-0.4, -0.2) is 32.8 Å². The molecule has 1 amide bonds. The number of nitrogens with one attached hydrogen (secondary N) is 1. The highest BCUT2D eigenvalue weighted by atomic mass is 19.1. The highest BCUT2D eigenvalue weighted by Crippen LogP contribution is 2.42. The molecule has 1 aliphatic carbocycles. The van der Waals surface area contributed by atoms with E-state index in [0.717, 1.165) is 49.8 Å². The van der Waals surface area contributed by atoms with Gasteiger partial charge >= 0.3 is 0 Å². The van der Waals surface area contributed by atoms with Crippen molar-refractivity contribution in [2.24, 2.45) is 0 Å². The molecule has 1 saturated heterocycles. The molecule has 4 nitrogen and oxygen atoms in total. The Kier molecular flexibility index (Phi) is 6.09. The first-order valence-corrected chi connectivity index (χ1v) is 10.8. The van der Waals surface area contributed by atoms with Gasteiger partial charge in [-0.1, -0.05) is 37.1 Å². The molecule has 2 aliphatic rings. The molecule has 0 spiro atoms. The zero-order chi connectivity index (χ0) is 21.0. The number of amides is 1. The average molecular weight is 412 g/mol. The maximum absolute atomic E-state index is 13.9. The van der Waals surface area contributed by atoms with Crippen molar-refractivity contribution in [3.05, 3.63) is 65.5 Å². The van der Waals surface area contributed by atoms with Crippen molar-refractivity contribution < 1.29 is 18.7 Å². The maximum atomic E-state index is 13.9. The topological polar surface area (TPSA) is 47.6 Å². The van der Waals surface area contributed by atoms with Gasteiger partial charge in [0.25, 0.3) is 0 Å². The normalized spacial score (nSPS) is 19.9. The summed E-state index contributed by atoms with van der Waals surface area (Å²) in [5.74, 6) is 0.552. The second kappa shape index (κ2) is 8.76. The van der Waals surface area contributed by atoms with Crippen molar-refractivity contribution in [3.63, 3.8) is 0 Å². The van der Waals surface area contributed by atoms with Crippen LogP contribution in [0.2, 0.25) is 0 Å². The third kappa shape index (κ3) is 3.95. The van der Waals surface area contributed by atoms with Gasteiger partial charge in [-0.25, -0.2) is 4.39 Å². The summed E-state index contributed by atoms with van der Waals surface area (Å²) in [5.41, 5.74) is 1.19. The summed E-state index contributed by atoms with van der Waals surface area (Å²) >= 11 is 0.